The minimum absolute atomic E-state index is 0.0243. The Morgan fingerprint density at radius 1 is 1.27 bits per heavy atom. The topological polar surface area (TPSA) is 68.5 Å². The number of carbonyl (C=O) groups excluding carboxylic acids is 1. The Kier molecular flexibility index (Phi) is 6.36. The summed E-state index contributed by atoms with van der Waals surface area (Å²) in [7, 11) is 1.47. The van der Waals surface area contributed by atoms with Gasteiger partial charge in [0.1, 0.15) is 6.61 Å². The van der Waals surface area contributed by atoms with E-state index in [1.54, 1.807) is 29.2 Å². The second-order valence-corrected chi connectivity index (χ2v) is 5.98. The molecule has 0 radical (unpaired) electrons. The monoisotopic (exact) mass is 371 g/mol. The van der Waals surface area contributed by atoms with Gasteiger partial charge in [0, 0.05) is 25.3 Å². The Morgan fingerprint density at radius 2 is 1.92 bits per heavy atom. The molecule has 0 spiro atoms. The first-order valence-corrected chi connectivity index (χ1v) is 8.01. The molecule has 0 unspecified atom stereocenters. The van der Waals surface area contributed by atoms with Crippen molar-refractivity contribution >= 4 is 5.91 Å². The van der Waals surface area contributed by atoms with Crippen molar-refractivity contribution in [2.24, 2.45) is 0 Å². The summed E-state index contributed by atoms with van der Waals surface area (Å²) in [5, 5.41) is 3.35. The molecule has 0 aliphatic carbocycles. The fourth-order valence-electron chi connectivity index (χ4n) is 2.40. The molecule has 0 saturated heterocycles. The van der Waals surface area contributed by atoms with Crippen molar-refractivity contribution in [3.63, 3.8) is 0 Å². The lowest BCUT2D eigenvalue weighted by Gasteiger charge is -2.26. The van der Waals surface area contributed by atoms with Gasteiger partial charge in [0.15, 0.2) is 0 Å². The van der Waals surface area contributed by atoms with Crippen molar-refractivity contribution in [3.8, 4) is 11.4 Å². The first-order valence-electron chi connectivity index (χ1n) is 8.01. The zero-order chi connectivity index (χ0) is 19.3. The average Bonchev–Trinajstić information content (AvgIpc) is 3.06. The molecular formula is C17H20F3N3O3. The van der Waals surface area contributed by atoms with Crippen LogP contribution >= 0.6 is 0 Å². The van der Waals surface area contributed by atoms with Crippen molar-refractivity contribution < 1.29 is 27.2 Å². The minimum atomic E-state index is -4.67. The van der Waals surface area contributed by atoms with Gasteiger partial charge in [-0.3, -0.25) is 4.79 Å². The predicted molar refractivity (Wildman–Crippen MR) is 87.2 cm³/mol. The number of aromatic nitrogens is 2. The standard InChI is InChI=1S/C17H20F3N3O3/c1-11(2)23(14(24)10-25-3)9-8-12-4-6-13(7-5-12)15-21-16(26-22-15)17(18,19)20/h4-7,11H,8-10H2,1-3H3. The highest BCUT2D eigenvalue weighted by Gasteiger charge is 2.38. The molecular weight excluding hydrogens is 351 g/mol. The van der Waals surface area contributed by atoms with Crippen LogP contribution in [0, 0.1) is 0 Å². The van der Waals surface area contributed by atoms with Crippen LogP contribution in [0.2, 0.25) is 0 Å². The number of amides is 1. The summed E-state index contributed by atoms with van der Waals surface area (Å²) in [6.07, 6.45) is -4.06. The highest BCUT2D eigenvalue weighted by Crippen LogP contribution is 2.29. The van der Waals surface area contributed by atoms with Crippen LogP contribution < -0.4 is 0 Å². The van der Waals surface area contributed by atoms with Gasteiger partial charge in [0.25, 0.3) is 0 Å². The number of methoxy groups -OCH3 is 1. The van der Waals surface area contributed by atoms with Crippen molar-refractivity contribution in [2.45, 2.75) is 32.5 Å². The van der Waals surface area contributed by atoms with Crippen LogP contribution in [0.15, 0.2) is 28.8 Å². The molecule has 1 heterocycles. The Labute approximate surface area is 148 Å². The maximum atomic E-state index is 12.5. The van der Waals surface area contributed by atoms with Gasteiger partial charge in [-0.15, -0.1) is 0 Å². The van der Waals surface area contributed by atoms with Crippen LogP contribution in [0.3, 0.4) is 0 Å². The first kappa shape index (κ1) is 19.9. The summed E-state index contributed by atoms with van der Waals surface area (Å²) < 4.78 is 46.6. The molecule has 0 bridgehead atoms. The molecule has 0 aliphatic heterocycles. The molecule has 1 amide bonds. The summed E-state index contributed by atoms with van der Waals surface area (Å²) in [5.41, 5.74) is 1.35. The van der Waals surface area contributed by atoms with Gasteiger partial charge in [-0.1, -0.05) is 29.4 Å². The molecule has 0 N–H and O–H groups in total. The smallest absolute Gasteiger partial charge is 0.375 e. The second-order valence-electron chi connectivity index (χ2n) is 5.98. The summed E-state index contributed by atoms with van der Waals surface area (Å²) in [6, 6.07) is 6.81. The Bertz CT molecular complexity index is 727. The molecule has 26 heavy (non-hydrogen) atoms. The van der Waals surface area contributed by atoms with E-state index in [0.29, 0.717) is 18.5 Å². The normalized spacial score (nSPS) is 11.8. The van der Waals surface area contributed by atoms with Gasteiger partial charge >= 0.3 is 12.1 Å². The lowest BCUT2D eigenvalue weighted by molar-refractivity contribution is -0.159. The van der Waals surface area contributed by atoms with E-state index in [2.05, 4.69) is 14.7 Å². The number of carbonyl (C=O) groups is 1. The van der Waals surface area contributed by atoms with Gasteiger partial charge in [-0.25, -0.2) is 0 Å². The zero-order valence-corrected chi connectivity index (χ0v) is 14.7. The number of rotatable bonds is 7. The molecule has 2 rings (SSSR count). The number of ether oxygens (including phenoxy) is 1. The van der Waals surface area contributed by atoms with Crippen LogP contribution in [0.4, 0.5) is 13.2 Å². The zero-order valence-electron chi connectivity index (χ0n) is 14.7. The summed E-state index contributed by atoms with van der Waals surface area (Å²) in [6.45, 7) is 4.38. The van der Waals surface area contributed by atoms with Gasteiger partial charge in [0.2, 0.25) is 11.7 Å². The largest absolute Gasteiger partial charge is 0.471 e. The molecule has 2 aromatic rings. The molecule has 142 valence electrons. The van der Waals surface area contributed by atoms with Crippen LogP contribution in [-0.2, 0) is 22.1 Å². The summed E-state index contributed by atoms with van der Waals surface area (Å²) >= 11 is 0. The quantitative estimate of drug-likeness (QED) is 0.748. The number of nitrogens with zero attached hydrogens (tertiary/aromatic N) is 3. The lowest BCUT2D eigenvalue weighted by atomic mass is 10.1. The van der Waals surface area contributed by atoms with Crippen LogP contribution in [-0.4, -0.2) is 47.3 Å². The van der Waals surface area contributed by atoms with E-state index >= 15 is 0 Å². The molecule has 1 aromatic heterocycles. The molecule has 1 aromatic carbocycles. The number of hydrogen-bond donors (Lipinski definition) is 0. The minimum Gasteiger partial charge on any atom is -0.375 e. The summed E-state index contributed by atoms with van der Waals surface area (Å²) in [5.74, 6) is -1.59. The van der Waals surface area contributed by atoms with Gasteiger partial charge in [-0.2, -0.15) is 18.2 Å². The van der Waals surface area contributed by atoms with E-state index in [-0.39, 0.29) is 24.4 Å². The van der Waals surface area contributed by atoms with Crippen molar-refractivity contribution in [1.29, 1.82) is 0 Å². The molecule has 0 atom stereocenters. The SMILES string of the molecule is COCC(=O)N(CCc1ccc(-c2noc(C(F)(F)F)n2)cc1)C(C)C. The Morgan fingerprint density at radius 3 is 2.42 bits per heavy atom. The number of benzene rings is 1. The van der Waals surface area contributed by atoms with Gasteiger partial charge < -0.3 is 14.2 Å². The molecule has 0 saturated carbocycles. The van der Waals surface area contributed by atoms with Gasteiger partial charge in [-0.05, 0) is 25.8 Å². The molecule has 9 heteroatoms. The van der Waals surface area contributed by atoms with Crippen molar-refractivity contribution in [2.75, 3.05) is 20.3 Å². The van der Waals surface area contributed by atoms with Crippen LogP contribution in [0.5, 0.6) is 0 Å². The highest BCUT2D eigenvalue weighted by molar-refractivity contribution is 5.77. The molecule has 0 fully saturated rings. The van der Waals surface area contributed by atoms with E-state index in [9.17, 15) is 18.0 Å². The maximum absolute atomic E-state index is 12.5. The number of hydrogen-bond acceptors (Lipinski definition) is 5. The van der Waals surface area contributed by atoms with Crippen LogP contribution in [0.25, 0.3) is 11.4 Å². The fourth-order valence-corrected chi connectivity index (χ4v) is 2.40. The maximum Gasteiger partial charge on any atom is 0.471 e. The van der Waals surface area contributed by atoms with Gasteiger partial charge in [0.05, 0.1) is 0 Å². The van der Waals surface area contributed by atoms with Crippen molar-refractivity contribution in [3.05, 3.63) is 35.7 Å². The fraction of sp³-hybridized carbons (Fsp3) is 0.471. The van der Waals surface area contributed by atoms with Crippen LogP contribution in [0.1, 0.15) is 25.3 Å². The van der Waals surface area contributed by atoms with E-state index in [1.165, 1.54) is 7.11 Å². The molecule has 0 aliphatic rings. The lowest BCUT2D eigenvalue weighted by Crippen LogP contribution is -2.40. The third kappa shape index (κ3) is 5.04. The second kappa shape index (κ2) is 8.31. The van der Waals surface area contributed by atoms with E-state index in [1.807, 2.05) is 13.8 Å². The predicted octanol–water partition coefficient (Wildman–Crippen LogP) is 3.18. The van der Waals surface area contributed by atoms with Crippen molar-refractivity contribution in [1.82, 2.24) is 15.0 Å². The average molecular weight is 371 g/mol. The van der Waals surface area contributed by atoms with E-state index in [0.717, 1.165) is 5.56 Å². The number of halogens is 3. The third-order valence-electron chi connectivity index (χ3n) is 3.73. The first-order chi connectivity index (χ1) is 12.2. The number of alkyl halides is 3. The molecule has 6 nitrogen and oxygen atoms in total. The van der Waals surface area contributed by atoms with E-state index in [4.69, 9.17) is 4.74 Å². The highest BCUT2D eigenvalue weighted by atomic mass is 19.4. The Balaban J connectivity index is 2.03. The third-order valence-corrected chi connectivity index (χ3v) is 3.73. The summed E-state index contributed by atoms with van der Waals surface area (Å²) in [4.78, 5) is 17.1. The Hall–Kier alpha value is -2.42. The van der Waals surface area contributed by atoms with E-state index < -0.39 is 12.1 Å².